The van der Waals surface area contributed by atoms with Gasteiger partial charge in [0.15, 0.2) is 0 Å². The zero-order valence-corrected chi connectivity index (χ0v) is 15.9. The predicted octanol–water partition coefficient (Wildman–Crippen LogP) is 0.605. The second-order valence-electron chi connectivity index (χ2n) is 6.32. The van der Waals surface area contributed by atoms with Crippen LogP contribution in [0.4, 0.5) is 0 Å². The van der Waals surface area contributed by atoms with Crippen molar-refractivity contribution in [2.75, 3.05) is 13.1 Å². The van der Waals surface area contributed by atoms with E-state index in [1.165, 1.54) is 4.90 Å². The molecule has 7 heteroatoms. The van der Waals surface area contributed by atoms with Crippen LogP contribution in [0.15, 0.2) is 18.2 Å². The number of nitrogens with one attached hydrogen (secondary N) is 1. The summed E-state index contributed by atoms with van der Waals surface area (Å²) in [5, 5.41) is 21.9. The zero-order valence-electron chi connectivity index (χ0n) is 15.9. The molecule has 0 radical (unpaired) electrons. The molecular formula is C19H27BN2O4. The molecule has 0 fully saturated rings. The number of hydrogen-bond acceptors (Lipinski definition) is 4. The Morgan fingerprint density at radius 1 is 1.31 bits per heavy atom. The number of nitrogens with zero attached hydrogens (tertiary/aromatic N) is 1. The van der Waals surface area contributed by atoms with Crippen LogP contribution < -0.4 is 5.32 Å². The Labute approximate surface area is 155 Å². The Balaban J connectivity index is 2.80. The molecule has 0 aliphatic carbocycles. The highest BCUT2D eigenvalue weighted by Crippen LogP contribution is 2.13. The van der Waals surface area contributed by atoms with Crippen LogP contribution in [0.2, 0.25) is 0 Å². The smallest absolute Gasteiger partial charge is 0.426 e. The predicted molar refractivity (Wildman–Crippen MR) is 102 cm³/mol. The summed E-state index contributed by atoms with van der Waals surface area (Å²) in [7, 11) is -1.70. The lowest BCUT2D eigenvalue weighted by Crippen LogP contribution is -2.51. The van der Waals surface area contributed by atoms with Gasteiger partial charge in [-0.1, -0.05) is 36.6 Å². The molecule has 0 aromatic heterocycles. The molecule has 0 saturated carbocycles. The van der Waals surface area contributed by atoms with Gasteiger partial charge in [0.2, 0.25) is 5.91 Å². The standard InChI is InChI=1S/C19H27BN2O4/c1-5-7-19(24)22(10-6-2)13-18(23)21-17(20(25)26)12-16-9-8-14(3)11-15(16)4/h8-9,11,17,25-26H,6,10,12-13H2,1-4H3,(H,21,23). The molecule has 2 amide bonds. The number of carbonyl (C=O) groups excluding carboxylic acids is 2. The summed E-state index contributed by atoms with van der Waals surface area (Å²) in [5.74, 6) is 3.22. The van der Waals surface area contributed by atoms with Crippen molar-refractivity contribution in [3.05, 3.63) is 34.9 Å². The van der Waals surface area contributed by atoms with E-state index in [1.807, 2.05) is 39.0 Å². The van der Waals surface area contributed by atoms with Gasteiger partial charge < -0.3 is 20.3 Å². The summed E-state index contributed by atoms with van der Waals surface area (Å²) in [5.41, 5.74) is 3.06. The average Bonchev–Trinajstić information content (AvgIpc) is 2.56. The molecule has 0 spiro atoms. The molecule has 6 nitrogen and oxygen atoms in total. The van der Waals surface area contributed by atoms with Crippen LogP contribution in [0.1, 0.15) is 37.0 Å². The van der Waals surface area contributed by atoms with Crippen molar-refractivity contribution in [2.24, 2.45) is 0 Å². The van der Waals surface area contributed by atoms with E-state index in [4.69, 9.17) is 0 Å². The van der Waals surface area contributed by atoms with Crippen LogP contribution in [0.3, 0.4) is 0 Å². The molecule has 0 heterocycles. The van der Waals surface area contributed by atoms with Gasteiger partial charge in [0, 0.05) is 6.54 Å². The molecule has 26 heavy (non-hydrogen) atoms. The lowest BCUT2D eigenvalue weighted by Gasteiger charge is -2.23. The van der Waals surface area contributed by atoms with E-state index in [0.717, 1.165) is 16.7 Å². The van der Waals surface area contributed by atoms with Crippen molar-refractivity contribution in [1.29, 1.82) is 0 Å². The maximum absolute atomic E-state index is 12.3. The van der Waals surface area contributed by atoms with E-state index >= 15 is 0 Å². The van der Waals surface area contributed by atoms with Gasteiger partial charge in [0.25, 0.3) is 5.91 Å². The van der Waals surface area contributed by atoms with Gasteiger partial charge in [-0.15, -0.1) is 0 Å². The van der Waals surface area contributed by atoms with Gasteiger partial charge in [0.05, 0.1) is 5.94 Å². The van der Waals surface area contributed by atoms with E-state index in [0.29, 0.717) is 13.0 Å². The first-order valence-electron chi connectivity index (χ1n) is 8.71. The summed E-state index contributed by atoms with van der Waals surface area (Å²) in [6.45, 7) is 7.62. The maximum atomic E-state index is 12.3. The van der Waals surface area contributed by atoms with Crippen LogP contribution >= 0.6 is 0 Å². The lowest BCUT2D eigenvalue weighted by molar-refractivity contribution is -0.132. The Kier molecular flexibility index (Phi) is 8.90. The number of carbonyl (C=O) groups is 2. The van der Waals surface area contributed by atoms with Crippen LogP contribution in [-0.4, -0.2) is 52.9 Å². The first-order chi connectivity index (χ1) is 12.3. The van der Waals surface area contributed by atoms with Crippen molar-refractivity contribution in [1.82, 2.24) is 10.2 Å². The molecular weight excluding hydrogens is 331 g/mol. The molecule has 1 rings (SSSR count). The molecule has 0 aliphatic rings. The largest absolute Gasteiger partial charge is 0.475 e. The highest BCUT2D eigenvalue weighted by Gasteiger charge is 2.27. The monoisotopic (exact) mass is 358 g/mol. The Morgan fingerprint density at radius 3 is 2.54 bits per heavy atom. The van der Waals surface area contributed by atoms with Crippen molar-refractivity contribution in [3.8, 4) is 11.8 Å². The first-order valence-corrected chi connectivity index (χ1v) is 8.71. The van der Waals surface area contributed by atoms with Gasteiger partial charge in [-0.25, -0.2) is 0 Å². The summed E-state index contributed by atoms with van der Waals surface area (Å²) >= 11 is 0. The highest BCUT2D eigenvalue weighted by atomic mass is 16.4. The summed E-state index contributed by atoms with van der Waals surface area (Å²) in [6, 6.07) is 5.86. The van der Waals surface area contributed by atoms with Crippen molar-refractivity contribution < 1.29 is 19.6 Å². The maximum Gasteiger partial charge on any atom is 0.475 e. The molecule has 1 aromatic carbocycles. The minimum absolute atomic E-state index is 0.169. The van der Waals surface area contributed by atoms with Crippen LogP contribution in [0.5, 0.6) is 0 Å². The Hall–Kier alpha value is -2.30. The number of amides is 2. The van der Waals surface area contributed by atoms with Gasteiger partial charge in [-0.3, -0.25) is 9.59 Å². The fourth-order valence-electron chi connectivity index (χ4n) is 2.68. The van der Waals surface area contributed by atoms with Crippen LogP contribution in [0.25, 0.3) is 0 Å². The van der Waals surface area contributed by atoms with Gasteiger partial charge >= 0.3 is 7.12 Å². The second kappa shape index (κ2) is 10.6. The fraction of sp³-hybridized carbons (Fsp3) is 0.474. The third-order valence-electron chi connectivity index (χ3n) is 3.99. The second-order valence-corrected chi connectivity index (χ2v) is 6.32. The summed E-state index contributed by atoms with van der Waals surface area (Å²) < 4.78 is 0. The minimum Gasteiger partial charge on any atom is -0.426 e. The van der Waals surface area contributed by atoms with Gasteiger partial charge in [-0.05, 0) is 50.7 Å². The van der Waals surface area contributed by atoms with E-state index in [1.54, 1.807) is 6.92 Å². The minimum atomic E-state index is -1.70. The number of hydrogen-bond donors (Lipinski definition) is 3. The van der Waals surface area contributed by atoms with E-state index in [2.05, 4.69) is 17.2 Å². The summed E-state index contributed by atoms with van der Waals surface area (Å²) in [4.78, 5) is 25.6. The molecule has 0 saturated heterocycles. The molecule has 140 valence electrons. The number of aryl methyl sites for hydroxylation is 2. The van der Waals surface area contributed by atoms with E-state index < -0.39 is 24.9 Å². The molecule has 1 unspecified atom stereocenters. The Morgan fingerprint density at radius 2 is 2.00 bits per heavy atom. The normalized spacial score (nSPS) is 11.2. The van der Waals surface area contributed by atoms with Crippen LogP contribution in [0, 0.1) is 25.7 Å². The van der Waals surface area contributed by atoms with Crippen molar-refractivity contribution in [3.63, 3.8) is 0 Å². The third-order valence-corrected chi connectivity index (χ3v) is 3.99. The topological polar surface area (TPSA) is 89.9 Å². The zero-order chi connectivity index (χ0) is 19.7. The van der Waals surface area contributed by atoms with Crippen molar-refractivity contribution in [2.45, 2.75) is 46.5 Å². The highest BCUT2D eigenvalue weighted by molar-refractivity contribution is 6.43. The fourth-order valence-corrected chi connectivity index (χ4v) is 2.68. The number of benzene rings is 1. The quantitative estimate of drug-likeness (QED) is 0.469. The number of rotatable bonds is 8. The lowest BCUT2D eigenvalue weighted by atomic mass is 9.75. The van der Waals surface area contributed by atoms with Crippen molar-refractivity contribution >= 4 is 18.9 Å². The van der Waals surface area contributed by atoms with E-state index in [9.17, 15) is 19.6 Å². The third kappa shape index (κ3) is 6.91. The molecule has 0 bridgehead atoms. The van der Waals surface area contributed by atoms with Crippen LogP contribution in [-0.2, 0) is 16.0 Å². The molecule has 1 atom stereocenters. The van der Waals surface area contributed by atoms with Gasteiger partial charge in [-0.2, -0.15) is 0 Å². The average molecular weight is 358 g/mol. The Bertz CT molecular complexity index is 695. The summed E-state index contributed by atoms with van der Waals surface area (Å²) in [6.07, 6.45) is 0.977. The molecule has 0 aliphatic heterocycles. The SMILES string of the molecule is CC#CC(=O)N(CCC)CC(=O)NC(Cc1ccc(C)cc1C)B(O)O. The van der Waals surface area contributed by atoms with Gasteiger partial charge in [0.1, 0.15) is 6.54 Å². The molecule has 3 N–H and O–H groups in total. The first kappa shape index (κ1) is 21.7. The van der Waals surface area contributed by atoms with E-state index in [-0.39, 0.29) is 13.0 Å². The molecule has 1 aromatic rings.